The van der Waals surface area contributed by atoms with Crippen molar-refractivity contribution < 1.29 is 9.53 Å². The minimum Gasteiger partial charge on any atom is -0.378 e. The zero-order chi connectivity index (χ0) is 14.7. The van der Waals surface area contributed by atoms with Gasteiger partial charge >= 0.3 is 0 Å². The summed E-state index contributed by atoms with van der Waals surface area (Å²) in [6.45, 7) is 5.35. The average Bonchev–Trinajstić information content (AvgIpc) is 3.17. The minimum absolute atomic E-state index is 0.348. The Morgan fingerprint density at radius 2 is 1.86 bits per heavy atom. The maximum Gasteiger partial charge on any atom is 0.222 e. The molecule has 3 heterocycles. The normalized spacial score (nSPS) is 32.0. The number of rotatable bonds is 4. The molecule has 21 heavy (non-hydrogen) atoms. The smallest absolute Gasteiger partial charge is 0.222 e. The zero-order valence-corrected chi connectivity index (χ0v) is 13.4. The van der Waals surface area contributed by atoms with Crippen molar-refractivity contribution in [2.24, 2.45) is 11.8 Å². The molecule has 0 aromatic carbocycles. The van der Waals surface area contributed by atoms with Gasteiger partial charge in [0.05, 0.1) is 6.10 Å². The quantitative estimate of drug-likeness (QED) is 0.796. The third kappa shape index (κ3) is 3.98. The summed E-state index contributed by atoms with van der Waals surface area (Å²) in [4.78, 5) is 16.9. The molecule has 3 aliphatic rings. The summed E-state index contributed by atoms with van der Waals surface area (Å²) in [7, 11) is 2.21. The molecule has 3 aliphatic heterocycles. The first-order chi connectivity index (χ1) is 10.2. The van der Waals surface area contributed by atoms with Crippen LogP contribution in [0.15, 0.2) is 0 Å². The van der Waals surface area contributed by atoms with E-state index in [4.69, 9.17) is 4.74 Å². The molecule has 0 unspecified atom stereocenters. The number of piperidine rings is 1. The fourth-order valence-corrected chi connectivity index (χ4v) is 4.21. The van der Waals surface area contributed by atoms with Crippen LogP contribution in [0.3, 0.4) is 0 Å². The van der Waals surface area contributed by atoms with Crippen LogP contribution in [0.2, 0.25) is 0 Å². The van der Waals surface area contributed by atoms with Gasteiger partial charge in [0.2, 0.25) is 5.91 Å². The van der Waals surface area contributed by atoms with E-state index < -0.39 is 0 Å². The van der Waals surface area contributed by atoms with E-state index in [1.807, 2.05) is 0 Å². The van der Waals surface area contributed by atoms with Gasteiger partial charge in [-0.15, -0.1) is 0 Å². The lowest BCUT2D eigenvalue weighted by Crippen LogP contribution is -2.35. The molecule has 1 amide bonds. The van der Waals surface area contributed by atoms with E-state index in [0.29, 0.717) is 18.4 Å². The van der Waals surface area contributed by atoms with E-state index in [0.717, 1.165) is 44.4 Å². The number of hydrogen-bond donors (Lipinski definition) is 0. The van der Waals surface area contributed by atoms with Crippen molar-refractivity contribution in [3.63, 3.8) is 0 Å². The highest BCUT2D eigenvalue weighted by molar-refractivity contribution is 5.76. The van der Waals surface area contributed by atoms with E-state index in [2.05, 4.69) is 16.8 Å². The molecule has 2 atom stereocenters. The Labute approximate surface area is 128 Å². The first-order valence-electron chi connectivity index (χ1n) is 8.80. The first kappa shape index (κ1) is 15.3. The van der Waals surface area contributed by atoms with Gasteiger partial charge in [0.15, 0.2) is 0 Å². The summed E-state index contributed by atoms with van der Waals surface area (Å²) < 4.78 is 5.62. The third-order valence-corrected chi connectivity index (χ3v) is 5.71. The van der Waals surface area contributed by atoms with E-state index in [1.165, 1.54) is 38.8 Å². The predicted molar refractivity (Wildman–Crippen MR) is 83.1 cm³/mol. The molecule has 3 fully saturated rings. The number of carbonyl (C=O) groups is 1. The van der Waals surface area contributed by atoms with Gasteiger partial charge in [-0.2, -0.15) is 0 Å². The van der Waals surface area contributed by atoms with Gasteiger partial charge in [-0.05, 0) is 70.5 Å². The summed E-state index contributed by atoms with van der Waals surface area (Å²) in [6.07, 6.45) is 8.13. The Morgan fingerprint density at radius 3 is 2.57 bits per heavy atom. The third-order valence-electron chi connectivity index (χ3n) is 5.71. The van der Waals surface area contributed by atoms with Gasteiger partial charge in [-0.3, -0.25) is 4.79 Å². The molecular formula is C17H30N2O2. The van der Waals surface area contributed by atoms with Crippen molar-refractivity contribution in [3.8, 4) is 0 Å². The Bertz CT molecular complexity index is 347. The van der Waals surface area contributed by atoms with Crippen molar-refractivity contribution in [2.45, 2.75) is 51.0 Å². The molecule has 3 saturated heterocycles. The van der Waals surface area contributed by atoms with Crippen LogP contribution < -0.4 is 0 Å². The lowest BCUT2D eigenvalue weighted by molar-refractivity contribution is -0.131. The molecule has 0 bridgehead atoms. The van der Waals surface area contributed by atoms with Crippen molar-refractivity contribution in [2.75, 3.05) is 39.8 Å². The maximum atomic E-state index is 12.3. The highest BCUT2D eigenvalue weighted by Crippen LogP contribution is 2.32. The summed E-state index contributed by atoms with van der Waals surface area (Å²) >= 11 is 0. The molecule has 0 aliphatic carbocycles. The Morgan fingerprint density at radius 1 is 1.10 bits per heavy atom. The van der Waals surface area contributed by atoms with E-state index in [9.17, 15) is 4.79 Å². The van der Waals surface area contributed by atoms with Crippen LogP contribution >= 0.6 is 0 Å². The summed E-state index contributed by atoms with van der Waals surface area (Å²) in [5.41, 5.74) is 0. The van der Waals surface area contributed by atoms with Gasteiger partial charge in [-0.1, -0.05) is 0 Å². The van der Waals surface area contributed by atoms with Gasteiger partial charge in [0.25, 0.3) is 0 Å². The van der Waals surface area contributed by atoms with Gasteiger partial charge in [-0.25, -0.2) is 0 Å². The van der Waals surface area contributed by atoms with Crippen LogP contribution in [0.25, 0.3) is 0 Å². The maximum absolute atomic E-state index is 12.3. The lowest BCUT2D eigenvalue weighted by Gasteiger charge is -2.32. The predicted octanol–water partition coefficient (Wildman–Crippen LogP) is 2.14. The number of carbonyl (C=O) groups excluding carboxylic acids is 1. The Hall–Kier alpha value is -0.610. The number of hydrogen-bond acceptors (Lipinski definition) is 3. The largest absolute Gasteiger partial charge is 0.378 e. The number of ether oxygens (including phenoxy) is 1. The second kappa shape index (κ2) is 7.10. The zero-order valence-electron chi connectivity index (χ0n) is 13.4. The topological polar surface area (TPSA) is 32.8 Å². The van der Waals surface area contributed by atoms with Crippen molar-refractivity contribution in [1.29, 1.82) is 0 Å². The van der Waals surface area contributed by atoms with Gasteiger partial charge < -0.3 is 14.5 Å². The minimum atomic E-state index is 0.348. The summed E-state index contributed by atoms with van der Waals surface area (Å²) in [5.74, 6) is 1.96. The highest BCUT2D eigenvalue weighted by Gasteiger charge is 2.33. The molecule has 0 saturated carbocycles. The number of nitrogens with zero attached hydrogens (tertiary/aromatic N) is 2. The molecule has 4 nitrogen and oxygen atoms in total. The Balaban J connectivity index is 1.40. The van der Waals surface area contributed by atoms with E-state index >= 15 is 0 Å². The molecule has 120 valence electrons. The van der Waals surface area contributed by atoms with Crippen molar-refractivity contribution in [3.05, 3.63) is 0 Å². The standard InChI is InChI=1S/C17H30N2O2/c1-18-9-6-14(7-10-18)15-8-11-19(13-15)17(20)5-4-16-3-2-12-21-16/h14-16H,2-13H2,1H3/t15-,16-/m0/s1. The van der Waals surface area contributed by atoms with Crippen LogP contribution in [0.1, 0.15) is 44.9 Å². The number of likely N-dealkylation sites (tertiary alicyclic amines) is 2. The highest BCUT2D eigenvalue weighted by atomic mass is 16.5. The van der Waals surface area contributed by atoms with Crippen molar-refractivity contribution in [1.82, 2.24) is 9.80 Å². The molecule has 0 aromatic rings. The molecule has 0 spiro atoms. The fourth-order valence-electron chi connectivity index (χ4n) is 4.21. The lowest BCUT2D eigenvalue weighted by atomic mass is 9.84. The van der Waals surface area contributed by atoms with Crippen molar-refractivity contribution >= 4 is 5.91 Å². The molecule has 0 N–H and O–H groups in total. The molecule has 4 heteroatoms. The molecule has 3 rings (SSSR count). The average molecular weight is 294 g/mol. The second-order valence-corrected chi connectivity index (χ2v) is 7.20. The van der Waals surface area contributed by atoms with Crippen LogP contribution in [-0.2, 0) is 9.53 Å². The summed E-state index contributed by atoms with van der Waals surface area (Å²) in [5, 5.41) is 0. The monoisotopic (exact) mass is 294 g/mol. The summed E-state index contributed by atoms with van der Waals surface area (Å²) in [6, 6.07) is 0. The molecule has 0 aromatic heterocycles. The SMILES string of the molecule is CN1CCC([C@H]2CCN(C(=O)CC[C@@H]3CCCO3)C2)CC1. The van der Waals surface area contributed by atoms with E-state index in [1.54, 1.807) is 0 Å². The van der Waals surface area contributed by atoms with Crippen LogP contribution in [-0.4, -0.2) is 61.6 Å². The first-order valence-corrected chi connectivity index (χ1v) is 8.80. The molecule has 0 radical (unpaired) electrons. The van der Waals surface area contributed by atoms with Crippen LogP contribution in [0.4, 0.5) is 0 Å². The van der Waals surface area contributed by atoms with Crippen LogP contribution in [0.5, 0.6) is 0 Å². The van der Waals surface area contributed by atoms with Gasteiger partial charge in [0, 0.05) is 26.1 Å². The molecular weight excluding hydrogens is 264 g/mol. The van der Waals surface area contributed by atoms with E-state index in [-0.39, 0.29) is 0 Å². The van der Waals surface area contributed by atoms with Crippen LogP contribution in [0, 0.1) is 11.8 Å². The van der Waals surface area contributed by atoms with Gasteiger partial charge in [0.1, 0.15) is 0 Å². The fraction of sp³-hybridized carbons (Fsp3) is 0.941. The number of amides is 1. The second-order valence-electron chi connectivity index (χ2n) is 7.20. The Kier molecular flexibility index (Phi) is 5.17.